The minimum absolute atomic E-state index is 0.137. The van der Waals surface area contributed by atoms with E-state index in [2.05, 4.69) is 5.32 Å². The summed E-state index contributed by atoms with van der Waals surface area (Å²) in [6.45, 7) is 6.83. The van der Waals surface area contributed by atoms with E-state index in [-0.39, 0.29) is 18.2 Å². The van der Waals surface area contributed by atoms with Crippen LogP contribution in [0.2, 0.25) is 0 Å². The van der Waals surface area contributed by atoms with Gasteiger partial charge in [-0.3, -0.25) is 9.11 Å². The maximum Gasteiger partial charge on any atom is 0.407 e. The lowest BCUT2D eigenvalue weighted by Gasteiger charge is -2.21. The predicted molar refractivity (Wildman–Crippen MR) is 77.3 cm³/mol. The van der Waals surface area contributed by atoms with Gasteiger partial charge >= 0.3 is 6.09 Å². The number of ether oxygens (including phenoxy) is 1. The number of carbonyl (C=O) groups is 1. The highest BCUT2D eigenvalue weighted by Crippen LogP contribution is 2.07. The summed E-state index contributed by atoms with van der Waals surface area (Å²) in [7, 11) is -7.65. The van der Waals surface area contributed by atoms with Crippen molar-refractivity contribution in [3.05, 3.63) is 0 Å². The molecule has 0 bridgehead atoms. The fraction of sp³-hybridized carbons (Fsp3) is 0.900. The molecule has 0 saturated heterocycles. The van der Waals surface area contributed by atoms with Crippen molar-refractivity contribution in [2.75, 3.05) is 12.0 Å². The quantitative estimate of drug-likeness (QED) is 0.628. The van der Waals surface area contributed by atoms with Crippen molar-refractivity contribution >= 4 is 26.3 Å². The molecule has 0 unspecified atom stereocenters. The van der Waals surface area contributed by atoms with Gasteiger partial charge in [-0.15, -0.1) is 0 Å². The summed E-state index contributed by atoms with van der Waals surface area (Å²) in [5.41, 5.74) is -0.590. The molecule has 0 radical (unpaired) electrons. The van der Waals surface area contributed by atoms with E-state index < -0.39 is 31.9 Å². The van der Waals surface area contributed by atoms with Crippen LogP contribution >= 0.6 is 0 Å². The Kier molecular flexibility index (Phi) is 9.07. The van der Waals surface area contributed by atoms with E-state index >= 15 is 0 Å². The minimum atomic E-state index is -3.98. The first-order chi connectivity index (χ1) is 8.99. The van der Waals surface area contributed by atoms with Crippen molar-refractivity contribution in [3.63, 3.8) is 0 Å². The molecule has 0 heterocycles. The smallest absolute Gasteiger partial charge is 0.407 e. The number of hydrogen-bond donors (Lipinski definition) is 3. The van der Waals surface area contributed by atoms with Gasteiger partial charge in [0.05, 0.1) is 12.0 Å². The molecular formula is C10H23NO8S2. The standard InChI is InChI=1S/C9H19NO5S.CH4O3S/c1-7(5-6-16(12,13)14)10-8(11)15-9(2,3)4;1-5(2,3)4/h7H,5-6H2,1-4H3,(H,10,11)(H,12,13,14);1H3,(H,2,3,4)/t7-;/m1./s1. The lowest BCUT2D eigenvalue weighted by Crippen LogP contribution is -2.38. The zero-order valence-electron chi connectivity index (χ0n) is 12.7. The molecule has 0 aromatic carbocycles. The van der Waals surface area contributed by atoms with Crippen LogP contribution in [0.25, 0.3) is 0 Å². The monoisotopic (exact) mass is 349 g/mol. The third kappa shape index (κ3) is 28.1. The van der Waals surface area contributed by atoms with Crippen molar-refractivity contribution in [2.45, 2.75) is 45.8 Å². The lowest BCUT2D eigenvalue weighted by atomic mass is 10.2. The van der Waals surface area contributed by atoms with E-state index in [9.17, 15) is 21.6 Å². The number of hydrogen-bond acceptors (Lipinski definition) is 6. The number of carbonyl (C=O) groups excluding carboxylic acids is 1. The summed E-state index contributed by atoms with van der Waals surface area (Å²) in [6.07, 6.45) is 0.251. The highest BCUT2D eigenvalue weighted by atomic mass is 32.2. The molecule has 0 rings (SSSR count). The Morgan fingerprint density at radius 3 is 1.86 bits per heavy atom. The molecule has 1 amide bonds. The second-order valence-electron chi connectivity index (χ2n) is 5.36. The molecule has 0 aromatic heterocycles. The van der Waals surface area contributed by atoms with Gasteiger partial charge in [-0.05, 0) is 34.1 Å². The van der Waals surface area contributed by atoms with Gasteiger partial charge in [-0.2, -0.15) is 16.8 Å². The number of nitrogens with one attached hydrogen (secondary N) is 1. The average molecular weight is 349 g/mol. The van der Waals surface area contributed by atoms with Gasteiger partial charge in [-0.25, -0.2) is 4.79 Å². The largest absolute Gasteiger partial charge is 0.444 e. The first-order valence-corrected chi connectivity index (χ1v) is 9.32. The summed E-state index contributed by atoms with van der Waals surface area (Å²) >= 11 is 0. The van der Waals surface area contributed by atoms with Gasteiger partial charge in [0.2, 0.25) is 0 Å². The number of amides is 1. The van der Waals surface area contributed by atoms with Gasteiger partial charge in [0, 0.05) is 6.04 Å². The summed E-state index contributed by atoms with van der Waals surface area (Å²) in [5, 5.41) is 2.47. The topological polar surface area (TPSA) is 147 Å². The maximum atomic E-state index is 11.2. The van der Waals surface area contributed by atoms with E-state index in [0.29, 0.717) is 6.26 Å². The van der Waals surface area contributed by atoms with Gasteiger partial charge in [0.25, 0.3) is 20.2 Å². The average Bonchev–Trinajstić information content (AvgIpc) is 2.07. The molecule has 9 nitrogen and oxygen atoms in total. The Hall–Kier alpha value is -0.910. The molecule has 0 aliphatic rings. The summed E-state index contributed by atoms with van der Waals surface area (Å²) in [4.78, 5) is 11.2. The van der Waals surface area contributed by atoms with Crippen LogP contribution in [0.1, 0.15) is 34.1 Å². The summed E-state index contributed by atoms with van der Waals surface area (Å²) < 4.78 is 60.3. The molecule has 0 spiro atoms. The maximum absolute atomic E-state index is 11.2. The fourth-order valence-electron chi connectivity index (χ4n) is 0.907. The molecular weight excluding hydrogens is 326 g/mol. The van der Waals surface area contributed by atoms with E-state index in [1.165, 1.54) is 0 Å². The molecule has 11 heteroatoms. The van der Waals surface area contributed by atoms with Crippen LogP contribution in [0, 0.1) is 0 Å². The van der Waals surface area contributed by atoms with Crippen molar-refractivity contribution in [1.29, 1.82) is 0 Å². The number of alkyl carbamates (subject to hydrolysis) is 1. The Balaban J connectivity index is 0. The molecule has 0 aliphatic heterocycles. The zero-order valence-corrected chi connectivity index (χ0v) is 14.3. The Bertz CT molecular complexity index is 510. The second-order valence-corrected chi connectivity index (χ2v) is 8.39. The molecule has 1 atom stereocenters. The Morgan fingerprint density at radius 2 is 1.57 bits per heavy atom. The van der Waals surface area contributed by atoms with E-state index in [1.54, 1.807) is 27.7 Å². The van der Waals surface area contributed by atoms with Crippen LogP contribution in [-0.2, 0) is 25.0 Å². The first kappa shape index (κ1) is 22.4. The first-order valence-electron chi connectivity index (χ1n) is 5.87. The van der Waals surface area contributed by atoms with Crippen LogP contribution in [0.5, 0.6) is 0 Å². The molecule has 0 aromatic rings. The normalized spacial score (nSPS) is 13.7. The van der Waals surface area contributed by atoms with Crippen LogP contribution in [-0.4, -0.2) is 55.7 Å². The lowest BCUT2D eigenvalue weighted by molar-refractivity contribution is 0.0507. The summed E-state index contributed by atoms with van der Waals surface area (Å²) in [6, 6.07) is -0.378. The zero-order chi connectivity index (χ0) is 17.5. The molecule has 0 saturated carbocycles. The van der Waals surface area contributed by atoms with Crippen molar-refractivity contribution in [1.82, 2.24) is 5.32 Å². The highest BCUT2D eigenvalue weighted by molar-refractivity contribution is 7.85. The second kappa shape index (κ2) is 8.51. The minimum Gasteiger partial charge on any atom is -0.444 e. The van der Waals surface area contributed by atoms with Gasteiger partial charge in [-0.1, -0.05) is 0 Å². The van der Waals surface area contributed by atoms with Gasteiger partial charge in [0.1, 0.15) is 5.60 Å². The third-order valence-electron chi connectivity index (χ3n) is 1.57. The van der Waals surface area contributed by atoms with Gasteiger partial charge in [0.15, 0.2) is 0 Å². The number of rotatable bonds is 4. The Labute approximate surface area is 125 Å². The van der Waals surface area contributed by atoms with Crippen molar-refractivity contribution < 1.29 is 35.5 Å². The van der Waals surface area contributed by atoms with Crippen molar-refractivity contribution in [2.24, 2.45) is 0 Å². The van der Waals surface area contributed by atoms with Crippen LogP contribution in [0.3, 0.4) is 0 Å². The van der Waals surface area contributed by atoms with Gasteiger partial charge < -0.3 is 10.1 Å². The van der Waals surface area contributed by atoms with E-state index in [4.69, 9.17) is 13.8 Å². The predicted octanol–water partition coefficient (Wildman–Crippen LogP) is 0.682. The Morgan fingerprint density at radius 1 is 1.19 bits per heavy atom. The van der Waals surface area contributed by atoms with E-state index in [1.807, 2.05) is 0 Å². The SMILES string of the molecule is CS(=O)(=O)O.C[C@H](CCS(=O)(=O)O)NC(=O)OC(C)(C)C. The fourth-order valence-corrected chi connectivity index (χ4v) is 1.56. The molecule has 0 aliphatic carbocycles. The van der Waals surface area contributed by atoms with Crippen molar-refractivity contribution in [3.8, 4) is 0 Å². The highest BCUT2D eigenvalue weighted by Gasteiger charge is 2.18. The molecule has 21 heavy (non-hydrogen) atoms. The third-order valence-corrected chi connectivity index (χ3v) is 2.32. The van der Waals surface area contributed by atoms with Crippen LogP contribution in [0.4, 0.5) is 4.79 Å². The van der Waals surface area contributed by atoms with Crippen LogP contribution in [0.15, 0.2) is 0 Å². The molecule has 3 N–H and O–H groups in total. The van der Waals surface area contributed by atoms with E-state index in [0.717, 1.165) is 0 Å². The molecule has 0 fully saturated rings. The summed E-state index contributed by atoms with van der Waals surface area (Å²) in [5.74, 6) is -0.385. The van der Waals surface area contributed by atoms with Crippen LogP contribution < -0.4 is 5.32 Å². The molecule has 128 valence electrons.